The van der Waals surface area contributed by atoms with Crippen molar-refractivity contribution >= 4 is 0 Å². The molecule has 4 nitrogen and oxygen atoms in total. The summed E-state index contributed by atoms with van der Waals surface area (Å²) in [7, 11) is 0. The van der Waals surface area contributed by atoms with Crippen LogP contribution in [0.25, 0.3) is 0 Å². The average molecular weight is 272 g/mol. The van der Waals surface area contributed by atoms with E-state index in [-0.39, 0.29) is 0 Å². The van der Waals surface area contributed by atoms with Gasteiger partial charge in [-0.05, 0) is 38.0 Å². The topological polar surface area (TPSA) is 55.9 Å². The van der Waals surface area contributed by atoms with Crippen LogP contribution in [0.5, 0.6) is 0 Å². The molecule has 108 valence electrons. The van der Waals surface area contributed by atoms with Crippen LogP contribution in [0.1, 0.15) is 29.4 Å². The third kappa shape index (κ3) is 3.92. The summed E-state index contributed by atoms with van der Waals surface area (Å²) in [6.07, 6.45) is 0. The van der Waals surface area contributed by atoms with Crippen molar-refractivity contribution in [3.05, 3.63) is 52.8 Å². The van der Waals surface area contributed by atoms with E-state index in [0.717, 1.165) is 18.8 Å². The summed E-state index contributed by atoms with van der Waals surface area (Å²) in [4.78, 5) is 0. The van der Waals surface area contributed by atoms with Gasteiger partial charge in [0.2, 0.25) is 0 Å². The second-order valence-electron chi connectivity index (χ2n) is 5.41. The zero-order valence-electron chi connectivity index (χ0n) is 12.6. The Morgan fingerprint density at radius 1 is 1.20 bits per heavy atom. The van der Waals surface area contributed by atoms with Gasteiger partial charge in [-0.15, -0.1) is 0 Å². The molecule has 3 N–H and O–H groups in total. The number of aryl methyl sites for hydroxylation is 2. The van der Waals surface area contributed by atoms with Crippen molar-refractivity contribution in [2.45, 2.75) is 46.4 Å². The van der Waals surface area contributed by atoms with Gasteiger partial charge in [-0.3, -0.25) is 4.68 Å². The van der Waals surface area contributed by atoms with Crippen LogP contribution in [0.15, 0.2) is 30.3 Å². The highest BCUT2D eigenvalue weighted by Gasteiger charge is 2.06. The largest absolute Gasteiger partial charge is 0.326 e. The zero-order chi connectivity index (χ0) is 14.5. The highest BCUT2D eigenvalue weighted by atomic mass is 15.3. The van der Waals surface area contributed by atoms with Crippen molar-refractivity contribution in [3.8, 4) is 0 Å². The summed E-state index contributed by atoms with van der Waals surface area (Å²) in [5.41, 5.74) is 10.3. The molecule has 0 unspecified atom stereocenters. The normalized spacial score (nSPS) is 12.6. The third-order valence-electron chi connectivity index (χ3n) is 3.46. The van der Waals surface area contributed by atoms with Gasteiger partial charge in [0.25, 0.3) is 0 Å². The summed E-state index contributed by atoms with van der Waals surface area (Å²) in [6, 6.07) is 10.9. The lowest BCUT2D eigenvalue weighted by atomic mass is 10.1. The SMILES string of the molecule is Cc1cc(C)n(C[C@H](C)NCc2ccc(CN)cc2)n1. The number of nitrogens with two attached hydrogens (primary N) is 1. The predicted octanol–water partition coefficient (Wildman–Crippen LogP) is 2.14. The molecule has 1 heterocycles. The Hall–Kier alpha value is -1.65. The lowest BCUT2D eigenvalue weighted by Gasteiger charge is -2.15. The minimum absolute atomic E-state index is 0.377. The van der Waals surface area contributed by atoms with Crippen LogP contribution in [0.2, 0.25) is 0 Å². The molecular formula is C16H24N4. The van der Waals surface area contributed by atoms with Gasteiger partial charge < -0.3 is 11.1 Å². The average Bonchev–Trinajstić information content (AvgIpc) is 2.75. The first-order chi connectivity index (χ1) is 9.58. The Bertz CT molecular complexity index is 542. The number of aromatic nitrogens is 2. The molecule has 0 amide bonds. The number of hydrogen-bond acceptors (Lipinski definition) is 3. The highest BCUT2D eigenvalue weighted by molar-refractivity contribution is 5.22. The Balaban J connectivity index is 1.85. The summed E-state index contributed by atoms with van der Waals surface area (Å²) in [6.45, 7) is 8.66. The van der Waals surface area contributed by atoms with Gasteiger partial charge >= 0.3 is 0 Å². The Kier molecular flexibility index (Phi) is 4.93. The Morgan fingerprint density at radius 2 is 1.85 bits per heavy atom. The number of benzene rings is 1. The monoisotopic (exact) mass is 272 g/mol. The van der Waals surface area contributed by atoms with Gasteiger partial charge in [0, 0.05) is 24.8 Å². The second kappa shape index (κ2) is 6.68. The van der Waals surface area contributed by atoms with E-state index in [1.165, 1.54) is 16.8 Å². The molecule has 20 heavy (non-hydrogen) atoms. The molecule has 1 aromatic carbocycles. The molecule has 0 spiro atoms. The molecule has 4 heteroatoms. The van der Waals surface area contributed by atoms with Crippen molar-refractivity contribution in [3.63, 3.8) is 0 Å². The molecule has 0 aliphatic rings. The predicted molar refractivity (Wildman–Crippen MR) is 82.3 cm³/mol. The number of nitrogens with zero attached hydrogens (tertiary/aromatic N) is 2. The van der Waals surface area contributed by atoms with E-state index in [9.17, 15) is 0 Å². The first kappa shape index (κ1) is 14.8. The lowest BCUT2D eigenvalue weighted by Crippen LogP contribution is -2.30. The van der Waals surface area contributed by atoms with E-state index >= 15 is 0 Å². The Morgan fingerprint density at radius 3 is 2.40 bits per heavy atom. The number of hydrogen-bond donors (Lipinski definition) is 2. The van der Waals surface area contributed by atoms with Crippen LogP contribution in [0.3, 0.4) is 0 Å². The van der Waals surface area contributed by atoms with Crippen LogP contribution < -0.4 is 11.1 Å². The fraction of sp³-hybridized carbons (Fsp3) is 0.438. The van der Waals surface area contributed by atoms with E-state index in [4.69, 9.17) is 5.73 Å². The van der Waals surface area contributed by atoms with E-state index < -0.39 is 0 Å². The summed E-state index contributed by atoms with van der Waals surface area (Å²) < 4.78 is 2.06. The molecular weight excluding hydrogens is 248 g/mol. The zero-order valence-corrected chi connectivity index (χ0v) is 12.6. The maximum atomic E-state index is 5.60. The van der Waals surface area contributed by atoms with Crippen molar-refractivity contribution in [1.29, 1.82) is 0 Å². The first-order valence-corrected chi connectivity index (χ1v) is 7.11. The van der Waals surface area contributed by atoms with Crippen LogP contribution in [0.4, 0.5) is 0 Å². The van der Waals surface area contributed by atoms with Crippen LogP contribution in [-0.4, -0.2) is 15.8 Å². The molecule has 0 fully saturated rings. The molecule has 1 aromatic heterocycles. The summed E-state index contributed by atoms with van der Waals surface area (Å²) >= 11 is 0. The maximum Gasteiger partial charge on any atom is 0.0596 e. The molecule has 0 aliphatic carbocycles. The molecule has 0 radical (unpaired) electrons. The van der Waals surface area contributed by atoms with Crippen LogP contribution >= 0.6 is 0 Å². The van der Waals surface area contributed by atoms with E-state index in [2.05, 4.69) is 59.3 Å². The van der Waals surface area contributed by atoms with Gasteiger partial charge in [-0.2, -0.15) is 5.10 Å². The molecule has 0 aliphatic heterocycles. The Labute approximate surface area is 121 Å². The van der Waals surface area contributed by atoms with Gasteiger partial charge in [-0.1, -0.05) is 24.3 Å². The van der Waals surface area contributed by atoms with Crippen LogP contribution in [-0.2, 0) is 19.6 Å². The molecule has 0 bridgehead atoms. The lowest BCUT2D eigenvalue weighted by molar-refractivity contribution is 0.444. The van der Waals surface area contributed by atoms with Crippen molar-refractivity contribution < 1.29 is 0 Å². The fourth-order valence-corrected chi connectivity index (χ4v) is 2.27. The van der Waals surface area contributed by atoms with Crippen molar-refractivity contribution in [1.82, 2.24) is 15.1 Å². The quantitative estimate of drug-likeness (QED) is 0.847. The van der Waals surface area contributed by atoms with E-state index in [1.807, 2.05) is 6.92 Å². The third-order valence-corrected chi connectivity index (χ3v) is 3.46. The van der Waals surface area contributed by atoms with Crippen molar-refractivity contribution in [2.24, 2.45) is 5.73 Å². The van der Waals surface area contributed by atoms with E-state index in [1.54, 1.807) is 0 Å². The standard InChI is InChI=1S/C16H24N4/c1-12-8-14(3)20(19-12)11-13(2)18-10-16-6-4-15(9-17)5-7-16/h4-8,13,18H,9-11,17H2,1-3H3/t13-/m0/s1. The second-order valence-corrected chi connectivity index (χ2v) is 5.41. The first-order valence-electron chi connectivity index (χ1n) is 7.11. The molecule has 2 aromatic rings. The minimum atomic E-state index is 0.377. The number of rotatable bonds is 6. The van der Waals surface area contributed by atoms with Crippen molar-refractivity contribution in [2.75, 3.05) is 0 Å². The number of nitrogens with one attached hydrogen (secondary N) is 1. The van der Waals surface area contributed by atoms with E-state index in [0.29, 0.717) is 12.6 Å². The summed E-state index contributed by atoms with van der Waals surface area (Å²) in [5, 5.41) is 8.02. The molecule has 2 rings (SSSR count). The fourth-order valence-electron chi connectivity index (χ4n) is 2.27. The van der Waals surface area contributed by atoms with Gasteiger partial charge in [0.15, 0.2) is 0 Å². The molecule has 1 atom stereocenters. The van der Waals surface area contributed by atoms with Crippen LogP contribution in [0, 0.1) is 13.8 Å². The smallest absolute Gasteiger partial charge is 0.0596 e. The van der Waals surface area contributed by atoms with Gasteiger partial charge in [0.05, 0.1) is 12.2 Å². The van der Waals surface area contributed by atoms with Gasteiger partial charge in [-0.25, -0.2) is 0 Å². The molecule has 0 saturated carbocycles. The molecule has 0 saturated heterocycles. The summed E-state index contributed by atoms with van der Waals surface area (Å²) in [5.74, 6) is 0. The minimum Gasteiger partial charge on any atom is -0.326 e. The van der Waals surface area contributed by atoms with Gasteiger partial charge in [0.1, 0.15) is 0 Å². The maximum absolute atomic E-state index is 5.60. The highest BCUT2D eigenvalue weighted by Crippen LogP contribution is 2.05.